The van der Waals surface area contributed by atoms with Crippen LogP contribution in [0.15, 0.2) is 24.5 Å². The predicted octanol–water partition coefficient (Wildman–Crippen LogP) is 2.84. The number of methoxy groups -OCH3 is 1. The molecule has 1 unspecified atom stereocenters. The van der Waals surface area contributed by atoms with Gasteiger partial charge in [-0.2, -0.15) is 0 Å². The molecule has 1 heterocycles. The molecule has 25 heavy (non-hydrogen) atoms. The van der Waals surface area contributed by atoms with Gasteiger partial charge in [0.1, 0.15) is 17.6 Å². The van der Waals surface area contributed by atoms with Crippen molar-refractivity contribution in [3.05, 3.63) is 47.0 Å². The molecule has 6 nitrogen and oxygen atoms in total. The number of hydrogen-bond donors (Lipinski definition) is 1. The summed E-state index contributed by atoms with van der Waals surface area (Å²) in [6.45, 7) is 4.43. The van der Waals surface area contributed by atoms with Crippen LogP contribution in [-0.2, 0) is 18.4 Å². The quantitative estimate of drug-likeness (QED) is 0.837. The first-order chi connectivity index (χ1) is 11.9. The van der Waals surface area contributed by atoms with Gasteiger partial charge in [0.05, 0.1) is 13.7 Å². The highest BCUT2D eigenvalue weighted by Gasteiger charge is 2.39. The Bertz CT molecular complexity index is 757. The van der Waals surface area contributed by atoms with E-state index in [0.29, 0.717) is 12.6 Å². The van der Waals surface area contributed by atoms with Crippen LogP contribution >= 0.6 is 0 Å². The Hall–Kier alpha value is -2.34. The normalized spacial score (nSPS) is 15.4. The van der Waals surface area contributed by atoms with Crippen molar-refractivity contribution < 1.29 is 14.6 Å². The second-order valence-corrected chi connectivity index (χ2v) is 6.79. The zero-order valence-electron chi connectivity index (χ0n) is 15.2. The monoisotopic (exact) mass is 343 g/mol. The molecule has 3 rings (SSSR count). The average molecular weight is 343 g/mol. The maximum atomic E-state index is 12.2. The number of benzene rings is 1. The van der Waals surface area contributed by atoms with Gasteiger partial charge in [0.2, 0.25) is 0 Å². The minimum Gasteiger partial charge on any atom is -0.496 e. The lowest BCUT2D eigenvalue weighted by Crippen LogP contribution is -2.36. The maximum absolute atomic E-state index is 12.2. The van der Waals surface area contributed by atoms with Gasteiger partial charge in [-0.15, -0.1) is 0 Å². The molecule has 1 aliphatic carbocycles. The van der Waals surface area contributed by atoms with Crippen molar-refractivity contribution in [1.29, 1.82) is 0 Å². The number of aromatic nitrogens is 2. The number of imidazole rings is 1. The van der Waals surface area contributed by atoms with E-state index in [1.54, 1.807) is 13.3 Å². The second kappa shape index (κ2) is 6.88. The summed E-state index contributed by atoms with van der Waals surface area (Å²) in [5, 5.41) is 9.98. The average Bonchev–Trinajstić information content (AvgIpc) is 3.30. The van der Waals surface area contributed by atoms with Gasteiger partial charge < -0.3 is 14.4 Å². The molecule has 0 aliphatic heterocycles. The van der Waals surface area contributed by atoms with E-state index in [4.69, 9.17) is 4.74 Å². The van der Waals surface area contributed by atoms with E-state index in [-0.39, 0.29) is 0 Å². The second-order valence-electron chi connectivity index (χ2n) is 6.79. The lowest BCUT2D eigenvalue weighted by atomic mass is 9.98. The number of carboxylic acids is 1. The van der Waals surface area contributed by atoms with Crippen molar-refractivity contribution in [1.82, 2.24) is 14.5 Å². The summed E-state index contributed by atoms with van der Waals surface area (Å²) in [6.07, 6.45) is 5.69. The topological polar surface area (TPSA) is 67.6 Å². The highest BCUT2D eigenvalue weighted by Crippen LogP contribution is 2.37. The molecular formula is C19H25N3O3. The zero-order valence-corrected chi connectivity index (χ0v) is 15.2. The van der Waals surface area contributed by atoms with Crippen molar-refractivity contribution in [3.8, 4) is 5.75 Å². The summed E-state index contributed by atoms with van der Waals surface area (Å²) in [5.74, 6) is 0.861. The Morgan fingerprint density at radius 1 is 1.40 bits per heavy atom. The summed E-state index contributed by atoms with van der Waals surface area (Å²) >= 11 is 0. The van der Waals surface area contributed by atoms with E-state index >= 15 is 0 Å². The SMILES string of the molecule is COc1c(C)cc(C(C(=O)O)N(Cc2nccn2C)C2CC2)cc1C. The van der Waals surface area contributed by atoms with Crippen LogP contribution in [0.4, 0.5) is 0 Å². The van der Waals surface area contributed by atoms with Gasteiger partial charge in [0, 0.05) is 25.5 Å². The van der Waals surface area contributed by atoms with Crippen molar-refractivity contribution in [2.75, 3.05) is 7.11 Å². The van der Waals surface area contributed by atoms with Crippen LogP contribution in [0.3, 0.4) is 0 Å². The highest BCUT2D eigenvalue weighted by atomic mass is 16.5. The first kappa shape index (κ1) is 17.5. The molecule has 0 saturated heterocycles. The summed E-state index contributed by atoms with van der Waals surface area (Å²) in [7, 11) is 3.58. The van der Waals surface area contributed by atoms with Crippen LogP contribution < -0.4 is 4.74 Å². The summed E-state index contributed by atoms with van der Waals surface area (Å²) in [6, 6.07) is 3.46. The molecule has 134 valence electrons. The number of hydrogen-bond acceptors (Lipinski definition) is 4. The summed E-state index contributed by atoms with van der Waals surface area (Å²) < 4.78 is 7.36. The Morgan fingerprint density at radius 3 is 2.48 bits per heavy atom. The third-order valence-electron chi connectivity index (χ3n) is 4.83. The molecule has 0 radical (unpaired) electrons. The standard InChI is InChI=1S/C19H25N3O3/c1-12-9-14(10-13(2)18(12)25-4)17(19(23)24)22(15-5-6-15)11-16-20-7-8-21(16)3/h7-10,15,17H,5-6,11H2,1-4H3,(H,23,24). The molecule has 1 aromatic heterocycles. The fourth-order valence-corrected chi connectivity index (χ4v) is 3.49. The highest BCUT2D eigenvalue weighted by molar-refractivity contribution is 5.76. The van der Waals surface area contributed by atoms with Gasteiger partial charge in [-0.1, -0.05) is 12.1 Å². The third-order valence-corrected chi connectivity index (χ3v) is 4.83. The zero-order chi connectivity index (χ0) is 18.1. The molecule has 0 spiro atoms. The van der Waals surface area contributed by atoms with E-state index in [1.807, 2.05) is 43.8 Å². The van der Waals surface area contributed by atoms with E-state index in [0.717, 1.165) is 41.1 Å². The first-order valence-corrected chi connectivity index (χ1v) is 8.52. The van der Waals surface area contributed by atoms with E-state index in [1.165, 1.54) is 0 Å². The Morgan fingerprint density at radius 2 is 2.04 bits per heavy atom. The fraction of sp³-hybridized carbons (Fsp3) is 0.474. The molecule has 1 aliphatic rings. The molecule has 1 N–H and O–H groups in total. The molecule has 6 heteroatoms. The lowest BCUT2D eigenvalue weighted by molar-refractivity contribution is -0.144. The maximum Gasteiger partial charge on any atom is 0.325 e. The number of rotatable bonds is 7. The van der Waals surface area contributed by atoms with Gasteiger partial charge in [-0.25, -0.2) is 4.98 Å². The molecule has 1 fully saturated rings. The number of nitrogens with zero attached hydrogens (tertiary/aromatic N) is 3. The van der Waals surface area contributed by atoms with Crippen LogP contribution in [0.5, 0.6) is 5.75 Å². The summed E-state index contributed by atoms with van der Waals surface area (Å²) in [4.78, 5) is 18.6. The van der Waals surface area contributed by atoms with Gasteiger partial charge in [-0.3, -0.25) is 9.69 Å². The van der Waals surface area contributed by atoms with E-state index in [9.17, 15) is 9.90 Å². The minimum atomic E-state index is -0.829. The van der Waals surface area contributed by atoms with Crippen LogP contribution in [0.1, 0.15) is 41.4 Å². The Kier molecular flexibility index (Phi) is 4.81. The molecule has 1 aromatic carbocycles. The largest absolute Gasteiger partial charge is 0.496 e. The lowest BCUT2D eigenvalue weighted by Gasteiger charge is -2.29. The first-order valence-electron chi connectivity index (χ1n) is 8.52. The number of aryl methyl sites for hydroxylation is 3. The van der Waals surface area contributed by atoms with Crippen LogP contribution in [0.2, 0.25) is 0 Å². The van der Waals surface area contributed by atoms with Crippen LogP contribution in [0, 0.1) is 13.8 Å². The summed E-state index contributed by atoms with van der Waals surface area (Å²) in [5.41, 5.74) is 2.71. The van der Waals surface area contributed by atoms with E-state index < -0.39 is 12.0 Å². The van der Waals surface area contributed by atoms with Crippen molar-refractivity contribution in [3.63, 3.8) is 0 Å². The van der Waals surface area contributed by atoms with Crippen molar-refractivity contribution in [2.45, 2.75) is 45.3 Å². The predicted molar refractivity (Wildman–Crippen MR) is 94.6 cm³/mol. The van der Waals surface area contributed by atoms with Gasteiger partial charge in [0.25, 0.3) is 0 Å². The fourth-order valence-electron chi connectivity index (χ4n) is 3.49. The molecule has 1 atom stereocenters. The number of aliphatic carboxylic acids is 1. The number of carbonyl (C=O) groups is 1. The molecule has 1 saturated carbocycles. The smallest absolute Gasteiger partial charge is 0.325 e. The van der Waals surface area contributed by atoms with Gasteiger partial charge in [0.15, 0.2) is 0 Å². The number of carboxylic acid groups (broad SMARTS) is 1. The van der Waals surface area contributed by atoms with Crippen molar-refractivity contribution in [2.24, 2.45) is 7.05 Å². The Labute approximate surface area is 148 Å². The van der Waals surface area contributed by atoms with Crippen molar-refractivity contribution >= 4 is 5.97 Å². The molecule has 2 aromatic rings. The van der Waals surface area contributed by atoms with E-state index in [2.05, 4.69) is 9.88 Å². The number of ether oxygens (including phenoxy) is 1. The molecule has 0 bridgehead atoms. The molecule has 0 amide bonds. The van der Waals surface area contributed by atoms with Crippen LogP contribution in [0.25, 0.3) is 0 Å². The van der Waals surface area contributed by atoms with Gasteiger partial charge in [-0.05, 0) is 43.4 Å². The minimum absolute atomic E-state index is 0.292. The molecular weight excluding hydrogens is 318 g/mol. The van der Waals surface area contributed by atoms with Gasteiger partial charge >= 0.3 is 5.97 Å². The van der Waals surface area contributed by atoms with Crippen LogP contribution in [-0.4, -0.2) is 38.7 Å². The third kappa shape index (κ3) is 3.54. The Balaban J connectivity index is 1.99.